The van der Waals surface area contributed by atoms with Crippen molar-refractivity contribution in [3.8, 4) is 0 Å². The Morgan fingerprint density at radius 2 is 1.70 bits per heavy atom. The van der Waals surface area contributed by atoms with Gasteiger partial charge in [-0.3, -0.25) is 9.89 Å². The summed E-state index contributed by atoms with van der Waals surface area (Å²) in [6, 6.07) is 0. The summed E-state index contributed by atoms with van der Waals surface area (Å²) >= 11 is 0. The summed E-state index contributed by atoms with van der Waals surface area (Å²) in [5.41, 5.74) is -0.667. The molecule has 1 saturated heterocycles. The monoisotopic (exact) mass is 440 g/mol. The van der Waals surface area contributed by atoms with E-state index >= 15 is 0 Å². The van der Waals surface area contributed by atoms with Crippen LogP contribution >= 0.6 is 24.0 Å². The molecule has 0 radical (unpaired) electrons. The minimum Gasteiger partial charge on any atom is -0.388 e. The fourth-order valence-corrected chi connectivity index (χ4v) is 2.78. The molecule has 1 aliphatic heterocycles. The van der Waals surface area contributed by atoms with Crippen LogP contribution in [0.2, 0.25) is 0 Å². The molecule has 1 rings (SSSR count). The van der Waals surface area contributed by atoms with Gasteiger partial charge in [0.1, 0.15) is 0 Å². The van der Waals surface area contributed by atoms with Crippen LogP contribution in [-0.2, 0) is 0 Å². The first-order valence-corrected chi connectivity index (χ1v) is 8.92. The molecule has 1 aliphatic rings. The SMILES string of the molecule is CCNC(=NCC(O)(CC)CC)N1CCN(CC(C)C)CC1.I. The van der Waals surface area contributed by atoms with Crippen molar-refractivity contribution in [3.05, 3.63) is 0 Å². The van der Waals surface area contributed by atoms with Crippen molar-refractivity contribution in [1.29, 1.82) is 0 Å². The van der Waals surface area contributed by atoms with Gasteiger partial charge < -0.3 is 15.3 Å². The van der Waals surface area contributed by atoms with Gasteiger partial charge in [-0.1, -0.05) is 27.7 Å². The number of nitrogens with zero attached hydrogens (tertiary/aromatic N) is 3. The van der Waals surface area contributed by atoms with Gasteiger partial charge in [-0.05, 0) is 25.7 Å². The largest absolute Gasteiger partial charge is 0.388 e. The number of aliphatic imine (C=N–C) groups is 1. The van der Waals surface area contributed by atoms with Gasteiger partial charge in [0.15, 0.2) is 5.96 Å². The molecule has 5 nitrogen and oxygen atoms in total. The Morgan fingerprint density at radius 3 is 2.13 bits per heavy atom. The summed E-state index contributed by atoms with van der Waals surface area (Å²) in [7, 11) is 0. The Kier molecular flexibility index (Phi) is 11.4. The first kappa shape index (κ1) is 22.9. The maximum absolute atomic E-state index is 10.4. The van der Waals surface area contributed by atoms with E-state index in [-0.39, 0.29) is 24.0 Å². The third-order valence-corrected chi connectivity index (χ3v) is 4.47. The zero-order chi connectivity index (χ0) is 16.6. The smallest absolute Gasteiger partial charge is 0.194 e. The Labute approximate surface area is 159 Å². The molecule has 0 spiro atoms. The normalized spacial score (nSPS) is 17.3. The summed E-state index contributed by atoms with van der Waals surface area (Å²) in [5, 5.41) is 13.8. The maximum atomic E-state index is 10.4. The topological polar surface area (TPSA) is 51.1 Å². The van der Waals surface area contributed by atoms with Crippen LogP contribution < -0.4 is 5.32 Å². The number of hydrogen-bond acceptors (Lipinski definition) is 3. The molecular formula is C17H37IN4O. The van der Waals surface area contributed by atoms with Crippen LogP contribution in [0, 0.1) is 5.92 Å². The van der Waals surface area contributed by atoms with Gasteiger partial charge in [-0.25, -0.2) is 0 Å². The minimum atomic E-state index is -0.667. The second-order valence-electron chi connectivity index (χ2n) is 6.78. The van der Waals surface area contributed by atoms with Gasteiger partial charge in [-0.2, -0.15) is 0 Å². The molecule has 1 heterocycles. The third kappa shape index (κ3) is 8.03. The van der Waals surface area contributed by atoms with E-state index in [0.29, 0.717) is 6.54 Å². The summed E-state index contributed by atoms with van der Waals surface area (Å²) in [4.78, 5) is 9.55. The lowest BCUT2D eigenvalue weighted by Crippen LogP contribution is -2.53. The molecule has 23 heavy (non-hydrogen) atoms. The van der Waals surface area contributed by atoms with E-state index in [9.17, 15) is 5.11 Å². The number of halogens is 1. The molecule has 138 valence electrons. The summed E-state index contributed by atoms with van der Waals surface area (Å²) in [6.45, 7) is 17.4. The van der Waals surface area contributed by atoms with Crippen molar-refractivity contribution >= 4 is 29.9 Å². The molecule has 1 fully saturated rings. The summed E-state index contributed by atoms with van der Waals surface area (Å²) < 4.78 is 0. The predicted molar refractivity (Wildman–Crippen MR) is 110 cm³/mol. The predicted octanol–water partition coefficient (Wildman–Crippen LogP) is 2.39. The quantitative estimate of drug-likeness (QED) is 0.363. The maximum Gasteiger partial charge on any atom is 0.194 e. The number of piperazine rings is 1. The van der Waals surface area contributed by atoms with E-state index in [1.165, 1.54) is 6.54 Å². The fourth-order valence-electron chi connectivity index (χ4n) is 2.78. The highest BCUT2D eigenvalue weighted by molar-refractivity contribution is 14.0. The summed E-state index contributed by atoms with van der Waals surface area (Å²) in [6.07, 6.45) is 1.49. The van der Waals surface area contributed by atoms with Gasteiger partial charge in [0, 0.05) is 39.3 Å². The second-order valence-corrected chi connectivity index (χ2v) is 6.78. The first-order valence-electron chi connectivity index (χ1n) is 8.92. The van der Waals surface area contributed by atoms with Crippen LogP contribution in [0.1, 0.15) is 47.5 Å². The van der Waals surface area contributed by atoms with Crippen molar-refractivity contribution in [3.63, 3.8) is 0 Å². The number of rotatable bonds is 7. The number of hydrogen-bond donors (Lipinski definition) is 2. The summed E-state index contributed by atoms with van der Waals surface area (Å²) in [5.74, 6) is 1.67. The van der Waals surface area contributed by atoms with E-state index in [1.807, 2.05) is 13.8 Å². The molecule has 6 heteroatoms. The third-order valence-electron chi connectivity index (χ3n) is 4.47. The van der Waals surface area contributed by atoms with Crippen molar-refractivity contribution in [1.82, 2.24) is 15.1 Å². The van der Waals surface area contributed by atoms with Crippen LogP contribution in [-0.4, -0.2) is 72.3 Å². The molecule has 2 N–H and O–H groups in total. The molecule has 0 amide bonds. The van der Waals surface area contributed by atoms with E-state index < -0.39 is 5.60 Å². The Hall–Kier alpha value is -0.0800. The second kappa shape index (κ2) is 11.5. The Bertz CT molecular complexity index is 337. The zero-order valence-electron chi connectivity index (χ0n) is 15.6. The van der Waals surface area contributed by atoms with Crippen LogP contribution in [0.4, 0.5) is 0 Å². The van der Waals surface area contributed by atoms with E-state index in [1.54, 1.807) is 0 Å². The number of nitrogens with one attached hydrogen (secondary N) is 1. The minimum absolute atomic E-state index is 0. The molecule has 0 aromatic rings. The highest BCUT2D eigenvalue weighted by Gasteiger charge is 2.24. The van der Waals surface area contributed by atoms with Crippen molar-refractivity contribution in [2.45, 2.75) is 53.1 Å². The van der Waals surface area contributed by atoms with Gasteiger partial charge in [-0.15, -0.1) is 24.0 Å². The van der Waals surface area contributed by atoms with Gasteiger partial charge in [0.05, 0.1) is 12.1 Å². The molecule has 0 saturated carbocycles. The molecule has 0 bridgehead atoms. The van der Waals surface area contributed by atoms with Crippen LogP contribution in [0.3, 0.4) is 0 Å². The van der Waals surface area contributed by atoms with Crippen molar-refractivity contribution in [2.75, 3.05) is 45.8 Å². The van der Waals surface area contributed by atoms with Crippen LogP contribution in [0.15, 0.2) is 4.99 Å². The molecular weight excluding hydrogens is 403 g/mol. The molecule has 0 aromatic carbocycles. The average Bonchev–Trinajstić information content (AvgIpc) is 2.51. The highest BCUT2D eigenvalue weighted by atomic mass is 127. The van der Waals surface area contributed by atoms with Crippen LogP contribution in [0.25, 0.3) is 0 Å². The lowest BCUT2D eigenvalue weighted by Gasteiger charge is -2.37. The number of aliphatic hydroxyl groups is 1. The average molecular weight is 440 g/mol. The Morgan fingerprint density at radius 1 is 1.13 bits per heavy atom. The molecule has 0 atom stereocenters. The molecule has 0 aromatic heterocycles. The standard InChI is InChI=1S/C17H36N4O.HI/c1-6-17(22,7-2)14-19-16(18-8-3)21-11-9-20(10-12-21)13-15(4)5;/h15,22H,6-14H2,1-5H3,(H,18,19);1H. The van der Waals surface area contributed by atoms with Gasteiger partial charge in [0.2, 0.25) is 0 Å². The van der Waals surface area contributed by atoms with Gasteiger partial charge in [0.25, 0.3) is 0 Å². The van der Waals surface area contributed by atoms with Crippen LogP contribution in [0.5, 0.6) is 0 Å². The Balaban J connectivity index is 0.00000484. The zero-order valence-corrected chi connectivity index (χ0v) is 18.0. The lowest BCUT2D eigenvalue weighted by molar-refractivity contribution is 0.0414. The number of guanidine groups is 1. The van der Waals surface area contributed by atoms with Crippen molar-refractivity contribution in [2.24, 2.45) is 10.9 Å². The van der Waals surface area contributed by atoms with Gasteiger partial charge >= 0.3 is 0 Å². The molecule has 0 unspecified atom stereocenters. The van der Waals surface area contributed by atoms with E-state index in [0.717, 1.165) is 57.4 Å². The fraction of sp³-hybridized carbons (Fsp3) is 0.941. The highest BCUT2D eigenvalue weighted by Crippen LogP contribution is 2.15. The van der Waals surface area contributed by atoms with E-state index in [4.69, 9.17) is 4.99 Å². The first-order chi connectivity index (χ1) is 10.4. The molecule has 0 aliphatic carbocycles. The van der Waals surface area contributed by atoms with E-state index in [2.05, 4.69) is 35.9 Å². The lowest BCUT2D eigenvalue weighted by atomic mass is 9.98. The van der Waals surface area contributed by atoms with Crippen molar-refractivity contribution < 1.29 is 5.11 Å².